The number of aryl methyl sites for hydroxylation is 1. The lowest BCUT2D eigenvalue weighted by molar-refractivity contribution is 0.289. The topological polar surface area (TPSA) is 18.5 Å². The monoisotopic (exact) mass is 741 g/mol. The SMILES string of the molecule is CCCCCCCCCCCCCCCCCCCCCCOc1cc(C)cc(OCCCCCCCCCCCCCCCCCCCCCC)c1. The lowest BCUT2D eigenvalue weighted by Crippen LogP contribution is -2.00. The van der Waals surface area contributed by atoms with Crippen molar-refractivity contribution in [2.75, 3.05) is 13.2 Å². The van der Waals surface area contributed by atoms with Crippen molar-refractivity contribution in [1.29, 1.82) is 0 Å². The van der Waals surface area contributed by atoms with E-state index in [9.17, 15) is 0 Å². The van der Waals surface area contributed by atoms with Gasteiger partial charge in [-0.15, -0.1) is 0 Å². The molecule has 0 radical (unpaired) electrons. The number of rotatable bonds is 44. The normalized spacial score (nSPS) is 11.5. The molecule has 0 aromatic heterocycles. The molecule has 0 fully saturated rings. The van der Waals surface area contributed by atoms with E-state index in [4.69, 9.17) is 9.47 Å². The number of unbranched alkanes of at least 4 members (excludes halogenated alkanes) is 38. The molecule has 0 atom stereocenters. The summed E-state index contributed by atoms with van der Waals surface area (Å²) in [5.41, 5.74) is 1.23. The number of hydrogen-bond donors (Lipinski definition) is 0. The minimum atomic E-state index is 0.821. The van der Waals surface area contributed by atoms with Crippen LogP contribution in [0.1, 0.15) is 276 Å². The summed E-state index contributed by atoms with van der Waals surface area (Å²) < 4.78 is 12.3. The van der Waals surface area contributed by atoms with Crippen LogP contribution in [0.25, 0.3) is 0 Å². The first-order valence-corrected chi connectivity index (χ1v) is 24.6. The molecule has 0 spiro atoms. The molecule has 0 aliphatic carbocycles. The first kappa shape index (κ1) is 49.8. The zero-order chi connectivity index (χ0) is 38.0. The quantitative estimate of drug-likeness (QED) is 0.0620. The Morgan fingerprint density at radius 2 is 0.453 bits per heavy atom. The average Bonchev–Trinajstić information content (AvgIpc) is 3.16. The summed E-state index contributed by atoms with van der Waals surface area (Å²) in [7, 11) is 0. The van der Waals surface area contributed by atoms with E-state index in [1.165, 1.54) is 250 Å². The van der Waals surface area contributed by atoms with Crippen LogP contribution in [0.4, 0.5) is 0 Å². The predicted molar refractivity (Wildman–Crippen MR) is 238 cm³/mol. The average molecular weight is 741 g/mol. The molecule has 0 heterocycles. The maximum Gasteiger partial charge on any atom is 0.123 e. The van der Waals surface area contributed by atoms with Crippen LogP contribution in [0.2, 0.25) is 0 Å². The molecule has 1 aromatic rings. The molecule has 0 unspecified atom stereocenters. The van der Waals surface area contributed by atoms with Crippen molar-refractivity contribution in [3.63, 3.8) is 0 Å². The van der Waals surface area contributed by atoms with E-state index in [1.807, 2.05) is 0 Å². The van der Waals surface area contributed by atoms with Gasteiger partial charge in [0.2, 0.25) is 0 Å². The van der Waals surface area contributed by atoms with Crippen molar-refractivity contribution in [2.24, 2.45) is 0 Å². The van der Waals surface area contributed by atoms with Crippen molar-refractivity contribution in [2.45, 2.75) is 278 Å². The van der Waals surface area contributed by atoms with Crippen molar-refractivity contribution < 1.29 is 9.47 Å². The second kappa shape index (κ2) is 42.0. The minimum Gasteiger partial charge on any atom is -0.493 e. The fourth-order valence-corrected chi connectivity index (χ4v) is 7.98. The van der Waals surface area contributed by atoms with Crippen LogP contribution < -0.4 is 9.47 Å². The molecule has 0 saturated carbocycles. The van der Waals surface area contributed by atoms with Gasteiger partial charge in [0.25, 0.3) is 0 Å². The van der Waals surface area contributed by atoms with Gasteiger partial charge in [-0.3, -0.25) is 0 Å². The molecule has 0 N–H and O–H groups in total. The third-order valence-electron chi connectivity index (χ3n) is 11.6. The summed E-state index contributed by atoms with van der Waals surface area (Å²) >= 11 is 0. The van der Waals surface area contributed by atoms with Crippen LogP contribution in [0.15, 0.2) is 18.2 Å². The first-order valence-electron chi connectivity index (χ1n) is 24.6. The Labute approximate surface area is 334 Å². The largest absolute Gasteiger partial charge is 0.493 e. The molecule has 0 aliphatic rings. The van der Waals surface area contributed by atoms with Crippen LogP contribution in [-0.2, 0) is 0 Å². The van der Waals surface area contributed by atoms with Crippen molar-refractivity contribution in [3.8, 4) is 11.5 Å². The highest BCUT2D eigenvalue weighted by Crippen LogP contribution is 2.24. The van der Waals surface area contributed by atoms with E-state index in [1.54, 1.807) is 0 Å². The zero-order valence-electron chi connectivity index (χ0n) is 36.7. The maximum absolute atomic E-state index is 6.13. The molecule has 0 aliphatic heterocycles. The molecular formula is C51H96O2. The molecule has 1 aromatic carbocycles. The minimum absolute atomic E-state index is 0.821. The van der Waals surface area contributed by atoms with Crippen LogP contribution >= 0.6 is 0 Å². The van der Waals surface area contributed by atoms with Gasteiger partial charge in [0.1, 0.15) is 11.5 Å². The molecule has 0 bridgehead atoms. The molecule has 53 heavy (non-hydrogen) atoms. The standard InChI is InChI=1S/C51H96O2/c1-4-6-8-10-12-14-16-18-20-22-24-26-28-30-32-34-36-38-40-42-44-52-50-46-49(3)47-51(48-50)53-45-43-41-39-37-35-33-31-29-27-25-23-21-19-17-15-13-11-9-7-5-2/h46-48H,4-45H2,1-3H3. The smallest absolute Gasteiger partial charge is 0.123 e. The molecule has 0 saturated heterocycles. The highest BCUT2D eigenvalue weighted by Gasteiger charge is 2.03. The maximum atomic E-state index is 6.13. The van der Waals surface area contributed by atoms with Gasteiger partial charge in [-0.05, 0) is 37.5 Å². The summed E-state index contributed by atoms with van der Waals surface area (Å²) in [4.78, 5) is 0. The first-order chi connectivity index (χ1) is 26.3. The van der Waals surface area contributed by atoms with Crippen LogP contribution in [0, 0.1) is 6.92 Å². The summed E-state index contributed by atoms with van der Waals surface area (Å²) in [6.45, 7) is 8.40. The zero-order valence-corrected chi connectivity index (χ0v) is 36.7. The summed E-state index contributed by atoms with van der Waals surface area (Å²) in [6, 6.07) is 6.41. The van der Waals surface area contributed by atoms with Gasteiger partial charge in [-0.1, -0.05) is 258 Å². The van der Waals surface area contributed by atoms with Crippen LogP contribution in [0.5, 0.6) is 11.5 Å². The highest BCUT2D eigenvalue weighted by molar-refractivity contribution is 5.37. The van der Waals surface area contributed by atoms with Gasteiger partial charge in [0.15, 0.2) is 0 Å². The Bertz CT molecular complexity index is 769. The Morgan fingerprint density at radius 3 is 0.660 bits per heavy atom. The lowest BCUT2D eigenvalue weighted by Gasteiger charge is -2.11. The van der Waals surface area contributed by atoms with Crippen LogP contribution in [0.3, 0.4) is 0 Å². The predicted octanol–water partition coefficient (Wildman–Crippen LogP) is 18.4. The van der Waals surface area contributed by atoms with E-state index in [0.29, 0.717) is 0 Å². The van der Waals surface area contributed by atoms with Gasteiger partial charge in [-0.25, -0.2) is 0 Å². The van der Waals surface area contributed by atoms with Crippen molar-refractivity contribution in [1.82, 2.24) is 0 Å². The highest BCUT2D eigenvalue weighted by atomic mass is 16.5. The number of benzene rings is 1. The van der Waals surface area contributed by atoms with Crippen molar-refractivity contribution in [3.05, 3.63) is 23.8 Å². The molecule has 0 amide bonds. The summed E-state index contributed by atoms with van der Waals surface area (Å²) in [6.07, 6.45) is 56.8. The van der Waals surface area contributed by atoms with Gasteiger partial charge in [0.05, 0.1) is 13.2 Å². The third kappa shape index (κ3) is 37.5. The summed E-state index contributed by atoms with van der Waals surface area (Å²) in [5.74, 6) is 1.95. The summed E-state index contributed by atoms with van der Waals surface area (Å²) in [5, 5.41) is 0. The van der Waals surface area contributed by atoms with E-state index in [0.717, 1.165) is 37.6 Å². The fraction of sp³-hybridized carbons (Fsp3) is 0.882. The Hall–Kier alpha value is -1.18. The molecule has 1 rings (SSSR count). The number of ether oxygens (including phenoxy) is 2. The second-order valence-electron chi connectivity index (χ2n) is 17.1. The molecule has 312 valence electrons. The van der Waals surface area contributed by atoms with Crippen LogP contribution in [-0.4, -0.2) is 13.2 Å². The van der Waals surface area contributed by atoms with E-state index in [-0.39, 0.29) is 0 Å². The van der Waals surface area contributed by atoms with Gasteiger partial charge >= 0.3 is 0 Å². The molecular weight excluding hydrogens is 645 g/mol. The Kier molecular flexibility index (Phi) is 39.5. The van der Waals surface area contributed by atoms with E-state index >= 15 is 0 Å². The van der Waals surface area contributed by atoms with Gasteiger partial charge < -0.3 is 9.47 Å². The third-order valence-corrected chi connectivity index (χ3v) is 11.6. The van der Waals surface area contributed by atoms with Gasteiger partial charge in [0, 0.05) is 6.07 Å². The van der Waals surface area contributed by atoms with E-state index < -0.39 is 0 Å². The number of hydrogen-bond acceptors (Lipinski definition) is 2. The lowest BCUT2D eigenvalue weighted by atomic mass is 10.0. The molecule has 2 nitrogen and oxygen atoms in total. The molecule has 2 heteroatoms. The van der Waals surface area contributed by atoms with E-state index in [2.05, 4.69) is 39.0 Å². The fourth-order valence-electron chi connectivity index (χ4n) is 7.98. The second-order valence-corrected chi connectivity index (χ2v) is 17.1. The van der Waals surface area contributed by atoms with Gasteiger partial charge in [-0.2, -0.15) is 0 Å². The Balaban J connectivity index is 1.84. The Morgan fingerprint density at radius 1 is 0.264 bits per heavy atom. The van der Waals surface area contributed by atoms with Crippen molar-refractivity contribution >= 4 is 0 Å².